The number of aliphatic hydroxyl groups excluding tert-OH is 1. The third kappa shape index (κ3) is 3.43. The molecule has 0 aromatic carbocycles. The third-order valence-electron chi connectivity index (χ3n) is 3.47. The molecule has 0 amide bonds. The van der Waals surface area contributed by atoms with Crippen molar-refractivity contribution in [3.05, 3.63) is 23.9 Å². The average molecular weight is 250 g/mol. The summed E-state index contributed by atoms with van der Waals surface area (Å²) in [6, 6.07) is 6.35. The first-order chi connectivity index (χ1) is 8.69. The van der Waals surface area contributed by atoms with Crippen molar-refractivity contribution in [2.24, 2.45) is 0 Å². The maximum atomic E-state index is 9.52. The Morgan fingerprint density at radius 2 is 2.39 bits per heavy atom. The van der Waals surface area contributed by atoms with Crippen molar-refractivity contribution < 1.29 is 9.84 Å². The van der Waals surface area contributed by atoms with Crippen molar-refractivity contribution in [3.8, 4) is 5.88 Å². The van der Waals surface area contributed by atoms with Gasteiger partial charge in [0.2, 0.25) is 5.88 Å². The van der Waals surface area contributed by atoms with Gasteiger partial charge in [-0.1, -0.05) is 6.07 Å². The molecule has 1 aromatic heterocycles. The predicted octanol–water partition coefficient (Wildman–Crippen LogP) is 1.83. The predicted molar refractivity (Wildman–Crippen MR) is 70.5 cm³/mol. The fraction of sp³-hybridized carbons (Fsp3) is 0.643. The third-order valence-corrected chi connectivity index (χ3v) is 3.47. The number of pyridine rings is 1. The van der Waals surface area contributed by atoms with Crippen LogP contribution in [0.15, 0.2) is 18.2 Å². The Morgan fingerprint density at radius 3 is 3.11 bits per heavy atom. The molecule has 100 valence electrons. The summed E-state index contributed by atoms with van der Waals surface area (Å²) in [6.45, 7) is 3.80. The van der Waals surface area contributed by atoms with E-state index in [9.17, 15) is 5.11 Å². The van der Waals surface area contributed by atoms with Gasteiger partial charge in [-0.05, 0) is 38.8 Å². The van der Waals surface area contributed by atoms with E-state index in [1.807, 2.05) is 25.1 Å². The average Bonchev–Trinajstić information content (AvgIpc) is 2.76. The van der Waals surface area contributed by atoms with Gasteiger partial charge < -0.3 is 9.84 Å². The maximum absolute atomic E-state index is 9.52. The number of nitrogens with zero attached hydrogens (tertiary/aromatic N) is 2. The Morgan fingerprint density at radius 1 is 1.56 bits per heavy atom. The minimum absolute atomic E-state index is 0.228. The second-order valence-electron chi connectivity index (χ2n) is 5.02. The highest BCUT2D eigenvalue weighted by Gasteiger charge is 2.25. The molecule has 0 saturated carbocycles. The molecule has 2 rings (SSSR count). The van der Waals surface area contributed by atoms with Gasteiger partial charge in [-0.25, -0.2) is 4.98 Å². The highest BCUT2D eigenvalue weighted by atomic mass is 16.5. The van der Waals surface area contributed by atoms with E-state index in [-0.39, 0.29) is 6.10 Å². The van der Waals surface area contributed by atoms with Crippen LogP contribution in [0.1, 0.15) is 31.9 Å². The molecule has 0 aliphatic carbocycles. The van der Waals surface area contributed by atoms with E-state index in [1.165, 1.54) is 12.8 Å². The molecule has 1 aliphatic heterocycles. The number of aromatic nitrogens is 1. The smallest absolute Gasteiger partial charge is 0.213 e. The van der Waals surface area contributed by atoms with Crippen molar-refractivity contribution in [1.29, 1.82) is 0 Å². The molecule has 1 fully saturated rings. The summed E-state index contributed by atoms with van der Waals surface area (Å²) in [5.41, 5.74) is 1.03. The van der Waals surface area contributed by atoms with Gasteiger partial charge in [0.05, 0.1) is 18.9 Å². The minimum atomic E-state index is -0.228. The topological polar surface area (TPSA) is 45.6 Å². The summed E-state index contributed by atoms with van der Waals surface area (Å²) >= 11 is 0. The lowest BCUT2D eigenvalue weighted by Gasteiger charge is -2.25. The minimum Gasteiger partial charge on any atom is -0.481 e. The van der Waals surface area contributed by atoms with Crippen LogP contribution in [0.3, 0.4) is 0 Å². The number of hydrogen-bond donors (Lipinski definition) is 1. The zero-order valence-electron chi connectivity index (χ0n) is 11.2. The van der Waals surface area contributed by atoms with Crippen molar-refractivity contribution in [3.63, 3.8) is 0 Å². The second-order valence-corrected chi connectivity index (χ2v) is 5.02. The molecular formula is C14H22N2O2. The summed E-state index contributed by atoms with van der Waals surface area (Å²) in [4.78, 5) is 6.85. The Labute approximate surface area is 109 Å². The van der Waals surface area contributed by atoms with Crippen LogP contribution >= 0.6 is 0 Å². The van der Waals surface area contributed by atoms with Crippen molar-refractivity contribution in [2.75, 3.05) is 13.7 Å². The molecule has 1 aliphatic rings. The number of methoxy groups -OCH3 is 1. The lowest BCUT2D eigenvalue weighted by atomic mass is 10.1. The molecule has 0 bridgehead atoms. The number of likely N-dealkylation sites (tertiary alicyclic amines) is 1. The summed E-state index contributed by atoms with van der Waals surface area (Å²) in [6.07, 6.45) is 3.01. The highest BCUT2D eigenvalue weighted by molar-refractivity contribution is 5.15. The van der Waals surface area contributed by atoms with Crippen LogP contribution in [-0.4, -0.2) is 40.8 Å². The largest absolute Gasteiger partial charge is 0.481 e. The van der Waals surface area contributed by atoms with Gasteiger partial charge in [0.15, 0.2) is 0 Å². The van der Waals surface area contributed by atoms with E-state index in [2.05, 4.69) is 9.88 Å². The summed E-state index contributed by atoms with van der Waals surface area (Å²) in [7, 11) is 1.64. The maximum Gasteiger partial charge on any atom is 0.213 e. The molecule has 2 unspecified atom stereocenters. The first-order valence-corrected chi connectivity index (χ1v) is 6.61. The van der Waals surface area contributed by atoms with Crippen LogP contribution in [0.4, 0.5) is 0 Å². The van der Waals surface area contributed by atoms with E-state index in [1.54, 1.807) is 7.11 Å². The summed E-state index contributed by atoms with van der Waals surface area (Å²) in [5.74, 6) is 0.666. The van der Waals surface area contributed by atoms with E-state index in [0.29, 0.717) is 11.9 Å². The molecule has 1 aromatic rings. The standard InChI is InChI=1S/C14H22N2O2/c1-11(17)9-13-6-4-8-16(13)10-12-5-3-7-14(15-12)18-2/h3,5,7,11,13,17H,4,6,8-10H2,1-2H3. The Bertz CT molecular complexity index is 382. The summed E-state index contributed by atoms with van der Waals surface area (Å²) < 4.78 is 5.14. The molecule has 18 heavy (non-hydrogen) atoms. The second kappa shape index (κ2) is 6.16. The molecule has 4 nitrogen and oxygen atoms in total. The zero-order chi connectivity index (χ0) is 13.0. The molecule has 1 saturated heterocycles. The number of rotatable bonds is 5. The van der Waals surface area contributed by atoms with Crippen LogP contribution < -0.4 is 4.74 Å². The Balaban J connectivity index is 1.98. The lowest BCUT2D eigenvalue weighted by molar-refractivity contribution is 0.130. The van der Waals surface area contributed by atoms with Crippen molar-refractivity contribution in [2.45, 2.75) is 44.9 Å². The molecule has 4 heteroatoms. The fourth-order valence-corrected chi connectivity index (χ4v) is 2.63. The van der Waals surface area contributed by atoms with E-state index >= 15 is 0 Å². The summed E-state index contributed by atoms with van der Waals surface area (Å²) in [5, 5.41) is 9.52. The van der Waals surface area contributed by atoms with Crippen LogP contribution in [0.25, 0.3) is 0 Å². The molecule has 2 heterocycles. The molecule has 0 spiro atoms. The van der Waals surface area contributed by atoms with Crippen LogP contribution in [0.2, 0.25) is 0 Å². The normalized spacial score (nSPS) is 22.1. The van der Waals surface area contributed by atoms with Gasteiger partial charge in [-0.3, -0.25) is 4.90 Å². The van der Waals surface area contributed by atoms with Crippen molar-refractivity contribution in [1.82, 2.24) is 9.88 Å². The van der Waals surface area contributed by atoms with Crippen LogP contribution in [0, 0.1) is 0 Å². The fourth-order valence-electron chi connectivity index (χ4n) is 2.63. The molecular weight excluding hydrogens is 228 g/mol. The monoisotopic (exact) mass is 250 g/mol. The van der Waals surface area contributed by atoms with Crippen molar-refractivity contribution >= 4 is 0 Å². The van der Waals surface area contributed by atoms with E-state index in [0.717, 1.165) is 25.2 Å². The van der Waals surface area contributed by atoms with Gasteiger partial charge >= 0.3 is 0 Å². The molecule has 1 N–H and O–H groups in total. The quantitative estimate of drug-likeness (QED) is 0.866. The van der Waals surface area contributed by atoms with E-state index in [4.69, 9.17) is 4.74 Å². The lowest BCUT2D eigenvalue weighted by Crippen LogP contribution is -2.31. The van der Waals surface area contributed by atoms with Gasteiger partial charge in [-0.2, -0.15) is 0 Å². The highest BCUT2D eigenvalue weighted by Crippen LogP contribution is 2.23. The first-order valence-electron chi connectivity index (χ1n) is 6.61. The van der Waals surface area contributed by atoms with Gasteiger partial charge in [0, 0.05) is 18.7 Å². The Hall–Kier alpha value is -1.13. The SMILES string of the molecule is COc1cccc(CN2CCCC2CC(C)O)n1. The van der Waals surface area contributed by atoms with Crippen LogP contribution in [-0.2, 0) is 6.54 Å². The molecule has 0 radical (unpaired) electrons. The number of ether oxygens (including phenoxy) is 1. The number of aliphatic hydroxyl groups is 1. The van der Waals surface area contributed by atoms with Crippen LogP contribution in [0.5, 0.6) is 5.88 Å². The van der Waals surface area contributed by atoms with E-state index < -0.39 is 0 Å². The number of hydrogen-bond acceptors (Lipinski definition) is 4. The van der Waals surface area contributed by atoms with Gasteiger partial charge in [0.1, 0.15) is 0 Å². The first kappa shape index (κ1) is 13.3. The van der Waals surface area contributed by atoms with Gasteiger partial charge in [-0.15, -0.1) is 0 Å². The molecule has 2 atom stereocenters. The zero-order valence-corrected chi connectivity index (χ0v) is 11.2. The van der Waals surface area contributed by atoms with Gasteiger partial charge in [0.25, 0.3) is 0 Å². The Kier molecular flexibility index (Phi) is 4.55.